The van der Waals surface area contributed by atoms with Crippen molar-refractivity contribution in [2.75, 3.05) is 19.8 Å². The van der Waals surface area contributed by atoms with E-state index < -0.39 is 80.2 Å². The lowest BCUT2D eigenvalue weighted by Crippen LogP contribution is -2.60. The number of hydrogen-bond donors (Lipinski definition) is 8. The van der Waals surface area contributed by atoms with Crippen molar-refractivity contribution >= 4 is 0 Å². The molecule has 2 heterocycles. The lowest BCUT2D eigenvalue weighted by molar-refractivity contribution is -0.319. The highest BCUT2D eigenvalue weighted by molar-refractivity contribution is 5.07. The van der Waals surface area contributed by atoms with Gasteiger partial charge in [0.2, 0.25) is 0 Å². The first-order valence-electron chi connectivity index (χ1n) is 15.3. The second kappa shape index (κ2) is 18.6. The SMILES string of the molecule is C=C[C@](C)(CC/C=C(\C)CC/C=C(\C)CC/C=C(/C)CO[C@@H]1O[C@H](CO)[C@@H](O)[C@H](O)[C@H]1O)O[C@@H]1O[C@H](CO)[C@@H](O)[C@H](O)[C@H]1O. The summed E-state index contributed by atoms with van der Waals surface area (Å²) >= 11 is 0. The fourth-order valence-electron chi connectivity index (χ4n) is 5.02. The molecule has 0 spiro atoms. The molecular formula is C32H54O12. The quantitative estimate of drug-likeness (QED) is 0.105. The zero-order valence-corrected chi connectivity index (χ0v) is 26.4. The summed E-state index contributed by atoms with van der Waals surface area (Å²) in [5.41, 5.74) is 2.53. The van der Waals surface area contributed by atoms with Crippen molar-refractivity contribution in [2.45, 2.75) is 133 Å². The highest BCUT2D eigenvalue weighted by Crippen LogP contribution is 2.29. The Morgan fingerprint density at radius 3 is 1.64 bits per heavy atom. The summed E-state index contributed by atoms with van der Waals surface area (Å²) in [5.74, 6) is 0. The maximum atomic E-state index is 10.3. The molecule has 44 heavy (non-hydrogen) atoms. The van der Waals surface area contributed by atoms with Crippen molar-refractivity contribution in [3.8, 4) is 0 Å². The Labute approximate surface area is 260 Å². The number of aliphatic hydroxyl groups excluding tert-OH is 8. The summed E-state index contributed by atoms with van der Waals surface area (Å²) in [6, 6.07) is 0. The van der Waals surface area contributed by atoms with Crippen LogP contribution in [-0.2, 0) is 18.9 Å². The van der Waals surface area contributed by atoms with Gasteiger partial charge in [0.1, 0.15) is 48.8 Å². The van der Waals surface area contributed by atoms with Crippen LogP contribution in [0.1, 0.15) is 66.2 Å². The molecule has 11 atom stereocenters. The third kappa shape index (κ3) is 11.4. The zero-order chi connectivity index (χ0) is 33.0. The number of allylic oxidation sites excluding steroid dienone is 5. The Balaban J connectivity index is 1.73. The van der Waals surface area contributed by atoms with Crippen LogP contribution in [0.3, 0.4) is 0 Å². The summed E-state index contributed by atoms with van der Waals surface area (Å²) in [5, 5.41) is 78.8. The van der Waals surface area contributed by atoms with E-state index in [0.29, 0.717) is 12.8 Å². The average Bonchev–Trinajstić information content (AvgIpc) is 2.99. The van der Waals surface area contributed by atoms with Crippen LogP contribution < -0.4 is 0 Å². The first-order valence-corrected chi connectivity index (χ1v) is 15.3. The van der Waals surface area contributed by atoms with Crippen molar-refractivity contribution in [3.05, 3.63) is 47.6 Å². The predicted molar refractivity (Wildman–Crippen MR) is 162 cm³/mol. The molecule has 12 nitrogen and oxygen atoms in total. The molecule has 2 rings (SSSR count). The van der Waals surface area contributed by atoms with Crippen molar-refractivity contribution in [3.63, 3.8) is 0 Å². The third-order valence-electron chi connectivity index (χ3n) is 8.19. The smallest absolute Gasteiger partial charge is 0.187 e. The minimum absolute atomic E-state index is 0.175. The Bertz CT molecular complexity index is 963. The molecule has 12 heteroatoms. The molecule has 2 aliphatic rings. The second-order valence-electron chi connectivity index (χ2n) is 12.1. The number of rotatable bonds is 17. The van der Waals surface area contributed by atoms with Gasteiger partial charge >= 0.3 is 0 Å². The van der Waals surface area contributed by atoms with E-state index in [-0.39, 0.29) is 6.61 Å². The largest absolute Gasteiger partial charge is 0.394 e. The number of hydrogen-bond acceptors (Lipinski definition) is 12. The standard InChI is InChI=1S/C32H54O12/c1-6-32(5,44-31-29(40)27(38)25(36)23(17-34)43-31)15-9-14-20(3)11-7-10-19(2)12-8-13-21(4)18-41-30-28(39)26(37)24(35)22(16-33)42-30/h6,10,13-14,22-31,33-40H,1,7-9,11-12,15-18H2,2-5H3/b19-10+,20-14+,21-13-/t22-,23-,24-,25-,26+,27+,28-,29-,30-,31+,32-/m1/s1. The minimum atomic E-state index is -1.50. The predicted octanol–water partition coefficient (Wildman–Crippen LogP) is 0.744. The van der Waals surface area contributed by atoms with E-state index in [1.54, 1.807) is 13.0 Å². The van der Waals surface area contributed by atoms with Gasteiger partial charge in [-0.15, -0.1) is 6.58 Å². The molecular weight excluding hydrogens is 576 g/mol. The van der Waals surface area contributed by atoms with Crippen LogP contribution in [-0.4, -0.2) is 128 Å². The van der Waals surface area contributed by atoms with Gasteiger partial charge in [-0.1, -0.05) is 41.0 Å². The fraction of sp³-hybridized carbons (Fsp3) is 0.750. The summed E-state index contributed by atoms with van der Waals surface area (Å²) in [7, 11) is 0. The molecule has 0 bridgehead atoms. The molecule has 2 aliphatic heterocycles. The Kier molecular flexibility index (Phi) is 16.3. The van der Waals surface area contributed by atoms with E-state index >= 15 is 0 Å². The molecule has 0 saturated carbocycles. The van der Waals surface area contributed by atoms with Gasteiger partial charge in [-0.05, 0) is 66.2 Å². The van der Waals surface area contributed by atoms with E-state index in [2.05, 4.69) is 32.6 Å². The molecule has 2 saturated heterocycles. The fourth-order valence-corrected chi connectivity index (χ4v) is 5.02. The maximum absolute atomic E-state index is 10.3. The molecule has 8 N–H and O–H groups in total. The monoisotopic (exact) mass is 630 g/mol. The van der Waals surface area contributed by atoms with Gasteiger partial charge in [-0.25, -0.2) is 0 Å². The number of ether oxygens (including phenoxy) is 4. The molecule has 0 radical (unpaired) electrons. The molecule has 0 aromatic carbocycles. The summed E-state index contributed by atoms with van der Waals surface area (Å²) in [6.07, 6.45) is -0.458. The van der Waals surface area contributed by atoms with Crippen LogP contribution in [0.2, 0.25) is 0 Å². The molecule has 0 aromatic heterocycles. The van der Waals surface area contributed by atoms with Gasteiger partial charge in [0.25, 0.3) is 0 Å². The van der Waals surface area contributed by atoms with Gasteiger partial charge in [0, 0.05) is 0 Å². The molecule has 2 fully saturated rings. The first kappa shape index (κ1) is 38.7. The minimum Gasteiger partial charge on any atom is -0.394 e. The topological polar surface area (TPSA) is 199 Å². The molecule has 0 aromatic rings. The Hall–Kier alpha value is -1.52. The maximum Gasteiger partial charge on any atom is 0.187 e. The zero-order valence-electron chi connectivity index (χ0n) is 26.4. The van der Waals surface area contributed by atoms with Gasteiger partial charge in [-0.3, -0.25) is 0 Å². The van der Waals surface area contributed by atoms with Gasteiger partial charge < -0.3 is 59.8 Å². The molecule has 0 aliphatic carbocycles. The van der Waals surface area contributed by atoms with Gasteiger partial charge in [-0.2, -0.15) is 0 Å². The summed E-state index contributed by atoms with van der Waals surface area (Å²) in [6.45, 7) is 10.8. The third-order valence-corrected chi connectivity index (χ3v) is 8.19. The summed E-state index contributed by atoms with van der Waals surface area (Å²) < 4.78 is 22.4. The van der Waals surface area contributed by atoms with E-state index in [4.69, 9.17) is 18.9 Å². The van der Waals surface area contributed by atoms with Gasteiger partial charge in [0.05, 0.1) is 25.4 Å². The molecule has 0 unspecified atom stereocenters. The highest BCUT2D eigenvalue weighted by atomic mass is 16.7. The van der Waals surface area contributed by atoms with E-state index in [1.165, 1.54) is 11.1 Å². The molecule has 254 valence electrons. The lowest BCUT2D eigenvalue weighted by atomic mass is 9.96. The molecule has 0 amide bonds. The first-order chi connectivity index (χ1) is 20.8. The van der Waals surface area contributed by atoms with E-state index in [1.807, 2.05) is 13.0 Å². The van der Waals surface area contributed by atoms with Crippen LogP contribution in [0, 0.1) is 0 Å². The second-order valence-corrected chi connectivity index (χ2v) is 12.1. The van der Waals surface area contributed by atoms with Crippen LogP contribution in [0.5, 0.6) is 0 Å². The van der Waals surface area contributed by atoms with Gasteiger partial charge in [0.15, 0.2) is 12.6 Å². The van der Waals surface area contributed by atoms with Crippen molar-refractivity contribution in [2.24, 2.45) is 0 Å². The van der Waals surface area contributed by atoms with Crippen molar-refractivity contribution in [1.82, 2.24) is 0 Å². The highest BCUT2D eigenvalue weighted by Gasteiger charge is 2.46. The van der Waals surface area contributed by atoms with Crippen LogP contribution in [0.25, 0.3) is 0 Å². The Morgan fingerprint density at radius 1 is 0.682 bits per heavy atom. The number of aliphatic hydroxyl groups is 8. The van der Waals surface area contributed by atoms with Crippen LogP contribution in [0.4, 0.5) is 0 Å². The van der Waals surface area contributed by atoms with Crippen LogP contribution in [0.15, 0.2) is 47.6 Å². The lowest BCUT2D eigenvalue weighted by Gasteiger charge is -2.42. The van der Waals surface area contributed by atoms with Crippen molar-refractivity contribution < 1.29 is 59.8 Å². The summed E-state index contributed by atoms with van der Waals surface area (Å²) in [4.78, 5) is 0. The van der Waals surface area contributed by atoms with E-state index in [0.717, 1.165) is 31.3 Å². The average molecular weight is 631 g/mol. The Morgan fingerprint density at radius 2 is 1.14 bits per heavy atom. The van der Waals surface area contributed by atoms with Crippen LogP contribution >= 0.6 is 0 Å². The normalized spacial score (nSPS) is 35.4. The van der Waals surface area contributed by atoms with E-state index in [9.17, 15) is 40.9 Å². The van der Waals surface area contributed by atoms with Crippen molar-refractivity contribution in [1.29, 1.82) is 0 Å².